The fourth-order valence-electron chi connectivity index (χ4n) is 4.21. The molecule has 1 saturated heterocycles. The minimum atomic E-state index is -4.55. The predicted octanol–water partition coefficient (Wildman–Crippen LogP) is 3.70. The van der Waals surface area contributed by atoms with Crippen LogP contribution in [0, 0.1) is 5.92 Å². The fraction of sp³-hybridized carbons (Fsp3) is 0.478. The number of aromatic nitrogens is 2. The van der Waals surface area contributed by atoms with Gasteiger partial charge in [0.2, 0.25) is 0 Å². The van der Waals surface area contributed by atoms with Crippen LogP contribution in [0.4, 0.5) is 13.2 Å². The van der Waals surface area contributed by atoms with Crippen LogP contribution in [0.2, 0.25) is 0 Å². The Morgan fingerprint density at radius 2 is 1.72 bits per heavy atom. The molecule has 6 nitrogen and oxygen atoms in total. The lowest BCUT2D eigenvalue weighted by atomic mass is 9.77. The van der Waals surface area contributed by atoms with Gasteiger partial charge in [-0.25, -0.2) is 0 Å². The molecule has 170 valence electrons. The quantitative estimate of drug-likeness (QED) is 0.519. The zero-order chi connectivity index (χ0) is 22.7. The third kappa shape index (κ3) is 5.32. The van der Waals surface area contributed by atoms with Crippen molar-refractivity contribution in [3.8, 4) is 0 Å². The summed E-state index contributed by atoms with van der Waals surface area (Å²) in [6.45, 7) is 3.55. The zero-order valence-electron chi connectivity index (χ0n) is 17.6. The summed E-state index contributed by atoms with van der Waals surface area (Å²) in [7, 11) is 0. The minimum Gasteiger partial charge on any atom is -0.349 e. The number of hydrogen-bond acceptors (Lipinski definition) is 5. The number of rotatable bonds is 7. The molecule has 32 heavy (non-hydrogen) atoms. The van der Waals surface area contributed by atoms with Gasteiger partial charge in [-0.05, 0) is 43.9 Å². The third-order valence-corrected chi connectivity index (χ3v) is 6.19. The van der Waals surface area contributed by atoms with Gasteiger partial charge in [0.1, 0.15) is 0 Å². The van der Waals surface area contributed by atoms with Gasteiger partial charge in [-0.15, -0.1) is 5.10 Å². The van der Waals surface area contributed by atoms with E-state index in [9.17, 15) is 22.8 Å². The van der Waals surface area contributed by atoms with Gasteiger partial charge in [0.05, 0.1) is 11.3 Å². The van der Waals surface area contributed by atoms with Gasteiger partial charge >= 0.3 is 6.18 Å². The highest BCUT2D eigenvalue weighted by molar-refractivity contribution is 5.99. The normalized spacial score (nSPS) is 21.2. The lowest BCUT2D eigenvalue weighted by Crippen LogP contribution is -2.29. The van der Waals surface area contributed by atoms with Crippen molar-refractivity contribution in [2.45, 2.75) is 37.8 Å². The van der Waals surface area contributed by atoms with Crippen LogP contribution in [-0.2, 0) is 6.18 Å². The molecule has 1 N–H and O–H groups in total. The summed E-state index contributed by atoms with van der Waals surface area (Å²) in [6, 6.07) is 8.39. The molecular weight excluding hydrogens is 421 g/mol. The van der Waals surface area contributed by atoms with Gasteiger partial charge in [0, 0.05) is 43.6 Å². The Kier molecular flexibility index (Phi) is 6.55. The van der Waals surface area contributed by atoms with Crippen LogP contribution in [0.1, 0.15) is 63.7 Å². The molecule has 2 heterocycles. The van der Waals surface area contributed by atoms with Gasteiger partial charge in [-0.1, -0.05) is 18.2 Å². The average molecular weight is 446 g/mol. The highest BCUT2D eigenvalue weighted by Crippen LogP contribution is 2.38. The second kappa shape index (κ2) is 9.36. The molecule has 0 radical (unpaired) electrons. The molecule has 0 spiro atoms. The SMILES string of the molecule is O=C(NCCN1CC1)c1ccc(C2CCC(C(=O)c3ccccc3C(F)(F)F)CC2)nn1. The molecule has 1 aliphatic heterocycles. The Bertz CT molecular complexity index is 966. The first-order chi connectivity index (χ1) is 15.3. The summed E-state index contributed by atoms with van der Waals surface area (Å²) in [5.41, 5.74) is -0.127. The fourth-order valence-corrected chi connectivity index (χ4v) is 4.21. The summed E-state index contributed by atoms with van der Waals surface area (Å²) in [4.78, 5) is 27.1. The highest BCUT2D eigenvalue weighted by Gasteiger charge is 2.37. The van der Waals surface area contributed by atoms with Crippen molar-refractivity contribution in [1.29, 1.82) is 0 Å². The van der Waals surface area contributed by atoms with E-state index < -0.39 is 23.4 Å². The number of ketones is 1. The largest absolute Gasteiger partial charge is 0.417 e. The Labute approximate surface area is 184 Å². The highest BCUT2D eigenvalue weighted by atomic mass is 19.4. The van der Waals surface area contributed by atoms with Crippen molar-refractivity contribution < 1.29 is 22.8 Å². The second-order valence-electron chi connectivity index (χ2n) is 8.40. The molecule has 9 heteroatoms. The molecule has 2 aliphatic rings. The number of nitrogens with zero attached hydrogens (tertiary/aromatic N) is 3. The van der Waals surface area contributed by atoms with Gasteiger partial charge in [0.25, 0.3) is 5.91 Å². The summed E-state index contributed by atoms with van der Waals surface area (Å²) in [6.07, 6.45) is -2.28. The van der Waals surface area contributed by atoms with E-state index in [0.717, 1.165) is 31.4 Å². The molecule has 0 bridgehead atoms. The molecular formula is C23H25F3N4O2. The smallest absolute Gasteiger partial charge is 0.349 e. The van der Waals surface area contributed by atoms with E-state index in [0.29, 0.717) is 32.2 Å². The molecule has 0 unspecified atom stereocenters. The molecule has 4 rings (SSSR count). The van der Waals surface area contributed by atoms with E-state index in [-0.39, 0.29) is 23.1 Å². The van der Waals surface area contributed by atoms with Crippen molar-refractivity contribution in [1.82, 2.24) is 20.4 Å². The van der Waals surface area contributed by atoms with E-state index in [4.69, 9.17) is 0 Å². The van der Waals surface area contributed by atoms with Gasteiger partial charge in [-0.3, -0.25) is 14.5 Å². The number of halogens is 3. The van der Waals surface area contributed by atoms with Crippen LogP contribution < -0.4 is 5.32 Å². The van der Waals surface area contributed by atoms with Crippen molar-refractivity contribution in [2.24, 2.45) is 5.92 Å². The molecule has 2 aromatic rings. The van der Waals surface area contributed by atoms with Gasteiger partial charge in [-0.2, -0.15) is 18.3 Å². The van der Waals surface area contributed by atoms with Gasteiger partial charge in [0.15, 0.2) is 11.5 Å². The van der Waals surface area contributed by atoms with Crippen molar-refractivity contribution in [3.63, 3.8) is 0 Å². The number of Topliss-reactive ketones (excluding diaryl/α,β-unsaturated/α-hetero) is 1. The first-order valence-electron chi connectivity index (χ1n) is 10.9. The number of amides is 1. The lowest BCUT2D eigenvalue weighted by Gasteiger charge is -2.27. The number of alkyl halides is 3. The molecule has 1 aromatic carbocycles. The number of hydrogen-bond donors (Lipinski definition) is 1. The molecule has 1 aromatic heterocycles. The van der Waals surface area contributed by atoms with E-state index >= 15 is 0 Å². The summed E-state index contributed by atoms with van der Waals surface area (Å²) < 4.78 is 39.8. The number of carbonyl (C=O) groups excluding carboxylic acids is 2. The van der Waals surface area contributed by atoms with E-state index in [1.54, 1.807) is 12.1 Å². The van der Waals surface area contributed by atoms with Gasteiger partial charge < -0.3 is 5.32 Å². The number of nitrogens with one attached hydrogen (secondary N) is 1. The summed E-state index contributed by atoms with van der Waals surface area (Å²) in [5, 5.41) is 11.1. The lowest BCUT2D eigenvalue weighted by molar-refractivity contribution is -0.138. The van der Waals surface area contributed by atoms with Crippen LogP contribution in [-0.4, -0.2) is 53.0 Å². The predicted molar refractivity (Wildman–Crippen MR) is 111 cm³/mol. The van der Waals surface area contributed by atoms with Crippen LogP contribution >= 0.6 is 0 Å². The second-order valence-corrected chi connectivity index (χ2v) is 8.40. The van der Waals surface area contributed by atoms with Crippen LogP contribution in [0.25, 0.3) is 0 Å². The molecule has 1 aliphatic carbocycles. The molecule has 0 atom stereocenters. The van der Waals surface area contributed by atoms with Crippen molar-refractivity contribution in [2.75, 3.05) is 26.2 Å². The Morgan fingerprint density at radius 1 is 1.00 bits per heavy atom. The van der Waals surface area contributed by atoms with E-state index in [1.807, 2.05) is 0 Å². The molecule has 1 saturated carbocycles. The Balaban J connectivity index is 1.32. The Morgan fingerprint density at radius 3 is 2.34 bits per heavy atom. The summed E-state index contributed by atoms with van der Waals surface area (Å²) >= 11 is 0. The maximum absolute atomic E-state index is 13.3. The maximum atomic E-state index is 13.3. The van der Waals surface area contributed by atoms with Crippen LogP contribution in [0.3, 0.4) is 0 Å². The standard InChI is InChI=1S/C23H25F3N4O2/c24-23(25,26)18-4-2-1-3-17(18)21(31)16-7-5-15(6-8-16)19-9-10-20(29-28-19)22(32)27-11-12-30-13-14-30/h1-4,9-10,15-16H,5-8,11-14H2,(H,27,32). The average Bonchev–Trinajstić information content (AvgIpc) is 3.63. The van der Waals surface area contributed by atoms with Crippen molar-refractivity contribution in [3.05, 3.63) is 58.9 Å². The van der Waals surface area contributed by atoms with Crippen LogP contribution in [0.15, 0.2) is 36.4 Å². The first kappa shape index (κ1) is 22.4. The number of carbonyl (C=O) groups is 2. The topological polar surface area (TPSA) is 75.0 Å². The number of benzene rings is 1. The Hall–Kier alpha value is -2.81. The maximum Gasteiger partial charge on any atom is 0.417 e. The molecule has 1 amide bonds. The summed E-state index contributed by atoms with van der Waals surface area (Å²) in [5.74, 6) is -1.07. The van der Waals surface area contributed by atoms with E-state index in [1.165, 1.54) is 18.2 Å². The monoisotopic (exact) mass is 446 g/mol. The molecule has 2 fully saturated rings. The van der Waals surface area contributed by atoms with Crippen molar-refractivity contribution >= 4 is 11.7 Å². The van der Waals surface area contributed by atoms with E-state index in [2.05, 4.69) is 20.4 Å². The minimum absolute atomic E-state index is 0.0733. The third-order valence-electron chi connectivity index (χ3n) is 6.19. The van der Waals surface area contributed by atoms with Crippen LogP contribution in [0.5, 0.6) is 0 Å². The zero-order valence-corrected chi connectivity index (χ0v) is 17.6. The first-order valence-corrected chi connectivity index (χ1v) is 10.9.